The van der Waals surface area contributed by atoms with E-state index in [1.54, 1.807) is 9.80 Å². The lowest BCUT2D eigenvalue weighted by atomic mass is 10.1. The largest absolute Gasteiger partial charge is 0.443 e. The lowest BCUT2D eigenvalue weighted by Gasteiger charge is -2.27. The van der Waals surface area contributed by atoms with Crippen LogP contribution < -0.4 is 9.80 Å². The van der Waals surface area contributed by atoms with Gasteiger partial charge in [-0.1, -0.05) is 31.7 Å². The molecule has 10 heteroatoms. The average Bonchev–Trinajstić information content (AvgIpc) is 3.96. The molecule has 0 unspecified atom stereocenters. The molecule has 49 heavy (non-hydrogen) atoms. The molecule has 264 valence electrons. The van der Waals surface area contributed by atoms with Crippen LogP contribution in [-0.4, -0.2) is 51.6 Å². The molecule has 2 saturated carbocycles. The van der Waals surface area contributed by atoms with Gasteiger partial charge < -0.3 is 14.6 Å². The van der Waals surface area contributed by atoms with Crippen LogP contribution in [0.5, 0.6) is 0 Å². The number of ether oxygens (including phenoxy) is 2. The topological polar surface area (TPSA) is 105 Å². The van der Waals surface area contributed by atoms with E-state index in [9.17, 15) is 14.7 Å². The predicted molar refractivity (Wildman–Crippen MR) is 198 cm³/mol. The minimum absolute atomic E-state index is 0. The Hall–Kier alpha value is -3.95. The normalized spacial score (nSPS) is 14.4. The molecule has 2 aliphatic rings. The van der Waals surface area contributed by atoms with Crippen LogP contribution in [0.15, 0.2) is 60.7 Å². The van der Waals surface area contributed by atoms with Crippen LogP contribution in [0.1, 0.15) is 85.8 Å². The van der Waals surface area contributed by atoms with E-state index < -0.39 is 11.2 Å². The first-order valence-electron chi connectivity index (χ1n) is 16.7. The monoisotopic (exact) mass is 690 g/mol. The standard InChI is InChI=1S/C19H23ClN2O2.C19H24N2O3.CH4/c1-19(2,3)24-18(23)22(12-13-4-5-13)17-9-8-15-7-6-14(11-20)10-16(15)21-17;1-19(2,3)24-18(23)21(11-13-4-5-13)17-9-8-15-7-6-14(12-22)10-16(15)20-17;/h6-10,13H,4-5,11-12H2,1-3H3;6-10,13,22H,4-5,11-12H2,1-3H3;1H4. The summed E-state index contributed by atoms with van der Waals surface area (Å²) in [5, 5.41) is 11.3. The molecule has 2 aromatic heterocycles. The second-order valence-electron chi connectivity index (χ2n) is 14.8. The van der Waals surface area contributed by atoms with Crippen molar-refractivity contribution in [1.82, 2.24) is 9.97 Å². The highest BCUT2D eigenvalue weighted by Crippen LogP contribution is 2.33. The highest BCUT2D eigenvalue weighted by molar-refractivity contribution is 6.17. The fourth-order valence-electron chi connectivity index (χ4n) is 5.06. The zero-order valence-corrected chi connectivity index (χ0v) is 29.6. The van der Waals surface area contributed by atoms with Crippen LogP contribution in [0.25, 0.3) is 21.8 Å². The number of hydrogen-bond donors (Lipinski definition) is 1. The summed E-state index contributed by atoms with van der Waals surface area (Å²) in [6, 6.07) is 19.3. The molecule has 0 atom stereocenters. The molecule has 2 amide bonds. The summed E-state index contributed by atoms with van der Waals surface area (Å²) in [5.74, 6) is 2.75. The van der Waals surface area contributed by atoms with E-state index in [0.29, 0.717) is 42.4 Å². The van der Waals surface area contributed by atoms with Crippen LogP contribution in [0.4, 0.5) is 21.2 Å². The summed E-state index contributed by atoms with van der Waals surface area (Å²) in [6.45, 7) is 12.5. The van der Waals surface area contributed by atoms with E-state index in [4.69, 9.17) is 21.1 Å². The number of aromatic nitrogens is 2. The molecule has 9 nitrogen and oxygen atoms in total. The van der Waals surface area contributed by atoms with Gasteiger partial charge in [-0.2, -0.15) is 0 Å². The van der Waals surface area contributed by atoms with E-state index in [2.05, 4.69) is 9.97 Å². The van der Waals surface area contributed by atoms with E-state index in [-0.39, 0.29) is 26.2 Å². The van der Waals surface area contributed by atoms with Crippen LogP contribution in [0, 0.1) is 11.8 Å². The molecule has 4 aromatic rings. The number of nitrogens with zero attached hydrogens (tertiary/aromatic N) is 4. The second-order valence-corrected chi connectivity index (χ2v) is 15.0. The first-order chi connectivity index (χ1) is 22.7. The maximum absolute atomic E-state index is 12.6. The molecule has 2 aliphatic carbocycles. The maximum atomic E-state index is 12.6. The molecule has 0 radical (unpaired) electrons. The summed E-state index contributed by atoms with van der Waals surface area (Å²) < 4.78 is 11.1. The molecular weight excluding hydrogens is 640 g/mol. The average molecular weight is 691 g/mol. The number of alkyl halides is 1. The Labute approximate surface area is 295 Å². The minimum Gasteiger partial charge on any atom is -0.443 e. The van der Waals surface area contributed by atoms with E-state index in [1.165, 1.54) is 0 Å². The maximum Gasteiger partial charge on any atom is 0.416 e. The first kappa shape index (κ1) is 37.9. The van der Waals surface area contributed by atoms with Crippen molar-refractivity contribution < 1.29 is 24.2 Å². The number of anilines is 2. The molecule has 0 bridgehead atoms. The third kappa shape index (κ3) is 11.0. The van der Waals surface area contributed by atoms with Gasteiger partial charge in [-0.25, -0.2) is 19.6 Å². The Morgan fingerprint density at radius 3 is 1.47 bits per heavy atom. The number of amides is 2. The van der Waals surface area contributed by atoms with Gasteiger partial charge in [-0.05, 0) is 127 Å². The Balaban J connectivity index is 0.000000216. The van der Waals surface area contributed by atoms with Crippen molar-refractivity contribution >= 4 is 57.2 Å². The molecule has 0 saturated heterocycles. The number of rotatable bonds is 8. The van der Waals surface area contributed by atoms with Gasteiger partial charge in [-0.15, -0.1) is 11.6 Å². The molecule has 6 rings (SSSR count). The third-order valence-electron chi connectivity index (χ3n) is 7.88. The fraction of sp³-hybridized carbons (Fsp3) is 0.487. The summed E-state index contributed by atoms with van der Waals surface area (Å²) in [6.07, 6.45) is 3.89. The van der Waals surface area contributed by atoms with E-state index in [0.717, 1.165) is 58.6 Å². The number of halogens is 1. The van der Waals surface area contributed by atoms with Crippen LogP contribution >= 0.6 is 11.6 Å². The van der Waals surface area contributed by atoms with E-state index in [1.807, 2.05) is 102 Å². The molecule has 2 fully saturated rings. The number of carbonyl (C=O) groups is 2. The Morgan fingerprint density at radius 2 is 1.10 bits per heavy atom. The zero-order valence-electron chi connectivity index (χ0n) is 28.8. The summed E-state index contributed by atoms with van der Waals surface area (Å²) in [5.41, 5.74) is 2.36. The van der Waals surface area contributed by atoms with Gasteiger partial charge >= 0.3 is 12.2 Å². The summed E-state index contributed by atoms with van der Waals surface area (Å²) >= 11 is 5.92. The first-order valence-corrected chi connectivity index (χ1v) is 17.2. The smallest absolute Gasteiger partial charge is 0.416 e. The number of benzene rings is 2. The van der Waals surface area contributed by atoms with Crippen molar-refractivity contribution in [3.05, 3.63) is 71.8 Å². The van der Waals surface area contributed by atoms with Crippen molar-refractivity contribution in [1.29, 1.82) is 0 Å². The van der Waals surface area contributed by atoms with Crippen molar-refractivity contribution in [2.45, 2.75) is 98.3 Å². The van der Waals surface area contributed by atoms with Crippen LogP contribution in [-0.2, 0) is 22.0 Å². The predicted octanol–water partition coefficient (Wildman–Crippen LogP) is 9.64. The molecule has 0 spiro atoms. The van der Waals surface area contributed by atoms with Gasteiger partial charge in [0.15, 0.2) is 0 Å². The van der Waals surface area contributed by atoms with Crippen molar-refractivity contribution in [2.24, 2.45) is 11.8 Å². The lowest BCUT2D eigenvalue weighted by molar-refractivity contribution is 0.0566. The minimum atomic E-state index is -0.542. The van der Waals surface area contributed by atoms with Crippen molar-refractivity contribution in [2.75, 3.05) is 22.9 Å². The van der Waals surface area contributed by atoms with Gasteiger partial charge in [0.05, 0.1) is 17.6 Å². The molecule has 0 aliphatic heterocycles. The SMILES string of the molecule is C.CC(C)(C)OC(=O)N(CC1CC1)c1ccc2ccc(CCl)cc2n1.CC(C)(C)OC(=O)N(CC1CC1)c1ccc2ccc(CO)cc2n1. The van der Waals surface area contributed by atoms with Gasteiger partial charge in [0.1, 0.15) is 22.8 Å². The van der Waals surface area contributed by atoms with Crippen molar-refractivity contribution in [3.63, 3.8) is 0 Å². The van der Waals surface area contributed by atoms with Gasteiger partial charge in [0.25, 0.3) is 0 Å². The quantitative estimate of drug-likeness (QED) is 0.184. The second kappa shape index (κ2) is 15.7. The Bertz CT molecular complexity index is 1630. The van der Waals surface area contributed by atoms with Crippen molar-refractivity contribution in [3.8, 4) is 0 Å². The third-order valence-corrected chi connectivity index (χ3v) is 8.19. The van der Waals surface area contributed by atoms with Gasteiger partial charge in [0, 0.05) is 29.7 Å². The molecule has 2 aromatic carbocycles. The number of aliphatic hydroxyl groups is 1. The van der Waals surface area contributed by atoms with E-state index >= 15 is 0 Å². The molecule has 1 N–H and O–H groups in total. The molecule has 2 heterocycles. The Morgan fingerprint density at radius 1 is 0.714 bits per heavy atom. The summed E-state index contributed by atoms with van der Waals surface area (Å²) in [7, 11) is 0. The number of fused-ring (bicyclic) bond motifs is 2. The van der Waals surface area contributed by atoms with Crippen LogP contribution in [0.2, 0.25) is 0 Å². The van der Waals surface area contributed by atoms with Gasteiger partial charge in [0.2, 0.25) is 0 Å². The Kier molecular flexibility index (Phi) is 12.2. The summed E-state index contributed by atoms with van der Waals surface area (Å²) in [4.78, 5) is 37.8. The number of hydrogen-bond acceptors (Lipinski definition) is 7. The fourth-order valence-corrected chi connectivity index (χ4v) is 5.23. The highest BCUT2D eigenvalue weighted by atomic mass is 35.5. The molecular formula is C39H51ClN4O5. The van der Waals surface area contributed by atoms with Gasteiger partial charge in [-0.3, -0.25) is 9.80 Å². The lowest BCUT2D eigenvalue weighted by Crippen LogP contribution is -2.38. The number of pyridine rings is 2. The number of carbonyl (C=O) groups excluding carboxylic acids is 2. The van der Waals surface area contributed by atoms with Crippen LogP contribution in [0.3, 0.4) is 0 Å². The number of aliphatic hydroxyl groups excluding tert-OH is 1. The zero-order chi connectivity index (χ0) is 34.6. The highest BCUT2D eigenvalue weighted by Gasteiger charge is 2.32.